The fourth-order valence-corrected chi connectivity index (χ4v) is 1.02. The minimum atomic E-state index is 0.367. The number of nitriles is 1. The number of hydrogen-bond donors (Lipinski definition) is 1. The third kappa shape index (κ3) is 1.28. The molecule has 0 aromatic heterocycles. The van der Waals surface area contributed by atoms with E-state index in [-0.39, 0.29) is 0 Å². The van der Waals surface area contributed by atoms with E-state index in [1.807, 2.05) is 13.0 Å². The molecule has 1 aromatic rings. The molecule has 0 aliphatic carbocycles. The van der Waals surface area contributed by atoms with Crippen LogP contribution in [0.2, 0.25) is 5.02 Å². The zero-order chi connectivity index (χ0) is 8.43. The maximum absolute atomic E-state index is 8.61. The van der Waals surface area contributed by atoms with E-state index in [0.717, 1.165) is 5.56 Å². The number of rotatable bonds is 0. The molecule has 0 spiro atoms. The van der Waals surface area contributed by atoms with Crippen LogP contribution in [0.4, 0.5) is 5.69 Å². The topological polar surface area (TPSA) is 49.8 Å². The van der Waals surface area contributed by atoms with Crippen LogP contribution in [-0.4, -0.2) is 0 Å². The zero-order valence-corrected chi connectivity index (χ0v) is 6.81. The SMILES string of the molecule is Cc1ccc(Cl)c(C#N)c1N. The van der Waals surface area contributed by atoms with E-state index in [9.17, 15) is 0 Å². The summed E-state index contributed by atoms with van der Waals surface area (Å²) in [5, 5.41) is 9.02. The Balaban J connectivity index is 3.44. The number of hydrogen-bond acceptors (Lipinski definition) is 2. The third-order valence-corrected chi connectivity index (χ3v) is 1.84. The van der Waals surface area contributed by atoms with Gasteiger partial charge in [0, 0.05) is 0 Å². The molecule has 0 heterocycles. The second-order valence-electron chi connectivity index (χ2n) is 2.26. The molecule has 56 valence electrons. The van der Waals surface area contributed by atoms with Gasteiger partial charge in [0.15, 0.2) is 0 Å². The van der Waals surface area contributed by atoms with Crippen LogP contribution in [0.15, 0.2) is 12.1 Å². The van der Waals surface area contributed by atoms with Crippen LogP contribution in [-0.2, 0) is 0 Å². The van der Waals surface area contributed by atoms with E-state index < -0.39 is 0 Å². The summed E-state index contributed by atoms with van der Waals surface area (Å²) in [6, 6.07) is 5.41. The van der Waals surface area contributed by atoms with Gasteiger partial charge in [0.2, 0.25) is 0 Å². The van der Waals surface area contributed by atoms with Crippen molar-refractivity contribution >= 4 is 17.3 Å². The second kappa shape index (κ2) is 2.81. The Morgan fingerprint density at radius 1 is 1.55 bits per heavy atom. The van der Waals surface area contributed by atoms with Gasteiger partial charge < -0.3 is 5.73 Å². The van der Waals surface area contributed by atoms with Crippen molar-refractivity contribution in [3.63, 3.8) is 0 Å². The van der Waals surface area contributed by atoms with Gasteiger partial charge in [-0.25, -0.2) is 0 Å². The van der Waals surface area contributed by atoms with E-state index in [1.54, 1.807) is 12.1 Å². The van der Waals surface area contributed by atoms with Gasteiger partial charge in [0.05, 0.1) is 16.3 Å². The van der Waals surface area contributed by atoms with Gasteiger partial charge in [-0.05, 0) is 18.6 Å². The Morgan fingerprint density at radius 3 is 2.64 bits per heavy atom. The molecule has 2 N–H and O–H groups in total. The first-order valence-corrected chi connectivity index (χ1v) is 3.49. The predicted octanol–water partition coefficient (Wildman–Crippen LogP) is 2.10. The van der Waals surface area contributed by atoms with E-state index in [0.29, 0.717) is 16.3 Å². The Morgan fingerprint density at radius 2 is 2.18 bits per heavy atom. The molecule has 1 aromatic carbocycles. The first-order valence-electron chi connectivity index (χ1n) is 3.11. The molecule has 0 radical (unpaired) electrons. The third-order valence-electron chi connectivity index (χ3n) is 1.52. The Bertz CT molecular complexity index is 326. The van der Waals surface area contributed by atoms with Gasteiger partial charge in [-0.1, -0.05) is 17.7 Å². The van der Waals surface area contributed by atoms with Crippen LogP contribution in [0, 0.1) is 18.3 Å². The van der Waals surface area contributed by atoms with Crippen LogP contribution in [0.5, 0.6) is 0 Å². The van der Waals surface area contributed by atoms with Crippen LogP contribution in [0.3, 0.4) is 0 Å². The molecule has 0 saturated heterocycles. The van der Waals surface area contributed by atoms with Gasteiger partial charge in [-0.3, -0.25) is 0 Å². The van der Waals surface area contributed by atoms with Crippen molar-refractivity contribution in [2.24, 2.45) is 0 Å². The highest BCUT2D eigenvalue weighted by Gasteiger charge is 2.04. The molecule has 0 fully saturated rings. The van der Waals surface area contributed by atoms with Crippen molar-refractivity contribution in [3.8, 4) is 6.07 Å². The van der Waals surface area contributed by atoms with Crippen molar-refractivity contribution in [1.82, 2.24) is 0 Å². The molecule has 2 nitrogen and oxygen atoms in total. The molecular formula is C8H7ClN2. The first kappa shape index (κ1) is 7.90. The summed E-state index contributed by atoms with van der Waals surface area (Å²) in [6.07, 6.45) is 0. The highest BCUT2D eigenvalue weighted by molar-refractivity contribution is 6.32. The smallest absolute Gasteiger partial charge is 0.103 e. The van der Waals surface area contributed by atoms with Gasteiger partial charge >= 0.3 is 0 Å². The lowest BCUT2D eigenvalue weighted by Crippen LogP contribution is -1.94. The molecule has 11 heavy (non-hydrogen) atoms. The number of nitrogens with zero attached hydrogens (tertiary/aromatic N) is 1. The Hall–Kier alpha value is -1.20. The molecule has 0 saturated carbocycles. The van der Waals surface area contributed by atoms with E-state index >= 15 is 0 Å². The van der Waals surface area contributed by atoms with Crippen molar-refractivity contribution in [2.75, 3.05) is 5.73 Å². The number of anilines is 1. The largest absolute Gasteiger partial charge is 0.397 e. The summed E-state index contributed by atoms with van der Waals surface area (Å²) in [5.74, 6) is 0. The maximum Gasteiger partial charge on any atom is 0.103 e. The fourth-order valence-electron chi connectivity index (χ4n) is 0.811. The number of aryl methyl sites for hydroxylation is 1. The fraction of sp³-hybridized carbons (Fsp3) is 0.125. The molecule has 0 aliphatic rings. The van der Waals surface area contributed by atoms with Gasteiger partial charge in [-0.15, -0.1) is 0 Å². The number of benzene rings is 1. The highest BCUT2D eigenvalue weighted by atomic mass is 35.5. The van der Waals surface area contributed by atoms with Crippen molar-refractivity contribution in [1.29, 1.82) is 5.26 Å². The summed E-state index contributed by atoms with van der Waals surface area (Å²) >= 11 is 5.70. The first-order chi connectivity index (χ1) is 5.16. The van der Waals surface area contributed by atoms with Gasteiger partial charge in [-0.2, -0.15) is 5.26 Å². The Labute approximate surface area is 70.2 Å². The summed E-state index contributed by atoms with van der Waals surface area (Å²) in [4.78, 5) is 0. The number of halogens is 1. The molecule has 0 atom stereocenters. The van der Waals surface area contributed by atoms with E-state index in [1.165, 1.54) is 0 Å². The quantitative estimate of drug-likeness (QED) is 0.600. The predicted molar refractivity (Wildman–Crippen MR) is 45.3 cm³/mol. The van der Waals surface area contributed by atoms with Crippen LogP contribution >= 0.6 is 11.6 Å². The van der Waals surface area contributed by atoms with Crippen LogP contribution < -0.4 is 5.73 Å². The molecule has 1 rings (SSSR count). The van der Waals surface area contributed by atoms with Crippen molar-refractivity contribution < 1.29 is 0 Å². The molecule has 3 heteroatoms. The summed E-state index contributed by atoms with van der Waals surface area (Å²) in [6.45, 7) is 1.84. The molecule has 0 aliphatic heterocycles. The van der Waals surface area contributed by atoms with Crippen molar-refractivity contribution in [2.45, 2.75) is 6.92 Å². The van der Waals surface area contributed by atoms with E-state index in [2.05, 4.69) is 0 Å². The summed E-state index contributed by atoms with van der Waals surface area (Å²) in [5.41, 5.74) is 7.31. The van der Waals surface area contributed by atoms with Crippen LogP contribution in [0.1, 0.15) is 11.1 Å². The molecule has 0 amide bonds. The molecular weight excluding hydrogens is 160 g/mol. The zero-order valence-electron chi connectivity index (χ0n) is 6.06. The Kier molecular flexibility index (Phi) is 2.02. The summed E-state index contributed by atoms with van der Waals surface area (Å²) < 4.78 is 0. The van der Waals surface area contributed by atoms with Gasteiger partial charge in [0.1, 0.15) is 6.07 Å². The van der Waals surface area contributed by atoms with Gasteiger partial charge in [0.25, 0.3) is 0 Å². The molecule has 0 unspecified atom stereocenters. The average Bonchev–Trinajstić information content (AvgIpc) is 1.99. The highest BCUT2D eigenvalue weighted by Crippen LogP contribution is 2.23. The minimum absolute atomic E-state index is 0.367. The average molecular weight is 167 g/mol. The minimum Gasteiger partial charge on any atom is -0.397 e. The normalized spacial score (nSPS) is 9.18. The maximum atomic E-state index is 8.61. The van der Waals surface area contributed by atoms with Crippen molar-refractivity contribution in [3.05, 3.63) is 28.3 Å². The summed E-state index contributed by atoms with van der Waals surface area (Å²) in [7, 11) is 0. The lowest BCUT2D eigenvalue weighted by atomic mass is 10.1. The lowest BCUT2D eigenvalue weighted by Gasteiger charge is -2.02. The van der Waals surface area contributed by atoms with E-state index in [4.69, 9.17) is 22.6 Å². The monoisotopic (exact) mass is 166 g/mol. The lowest BCUT2D eigenvalue weighted by molar-refractivity contribution is 1.42. The number of nitrogen functional groups attached to an aromatic ring is 1. The number of nitrogens with two attached hydrogens (primary N) is 1. The standard InChI is InChI=1S/C8H7ClN2/c1-5-2-3-7(9)6(4-10)8(5)11/h2-3H,11H2,1H3. The second-order valence-corrected chi connectivity index (χ2v) is 2.67. The van der Waals surface area contributed by atoms with Crippen LogP contribution in [0.25, 0.3) is 0 Å². The molecule has 0 bridgehead atoms.